The second kappa shape index (κ2) is 7.46. The van der Waals surface area contributed by atoms with E-state index < -0.39 is 0 Å². The van der Waals surface area contributed by atoms with Crippen LogP contribution in [0.3, 0.4) is 0 Å². The van der Waals surface area contributed by atoms with E-state index in [0.29, 0.717) is 6.54 Å². The van der Waals surface area contributed by atoms with Gasteiger partial charge >= 0.3 is 0 Å². The number of nitrogens with one attached hydrogen (secondary N) is 2. The highest BCUT2D eigenvalue weighted by atomic mass is 32.1. The fourth-order valence-electron chi connectivity index (χ4n) is 3.13. The molecule has 1 aromatic heterocycles. The van der Waals surface area contributed by atoms with Gasteiger partial charge in [-0.25, -0.2) is 10.2 Å². The number of hydrogen-bond donors (Lipinski definition) is 3. The number of hydrogen-bond acceptors (Lipinski definition) is 6. The summed E-state index contributed by atoms with van der Waals surface area (Å²) in [5.41, 5.74) is 11.5. The summed E-state index contributed by atoms with van der Waals surface area (Å²) in [5, 5.41) is 11.6. The minimum absolute atomic E-state index is 0.678. The van der Waals surface area contributed by atoms with Gasteiger partial charge in [0.05, 0.1) is 24.0 Å². The number of benzene rings is 2. The Morgan fingerprint density at radius 3 is 2.63 bits per heavy atom. The summed E-state index contributed by atoms with van der Waals surface area (Å²) in [4.78, 5) is 0. The topological polar surface area (TPSA) is 57.5 Å². The van der Waals surface area contributed by atoms with Gasteiger partial charge in [-0.1, -0.05) is 48.9 Å². The summed E-state index contributed by atoms with van der Waals surface area (Å²) < 4.78 is 1.82. The zero-order chi connectivity index (χ0) is 18.8. The maximum Gasteiger partial charge on any atom is 0.177 e. The number of nitrogens with zero attached hydrogens (tertiary/aromatic N) is 4. The molecule has 0 fully saturated rings. The fourth-order valence-corrected chi connectivity index (χ4v) is 3.45. The van der Waals surface area contributed by atoms with Crippen molar-refractivity contribution in [2.75, 3.05) is 0 Å². The third-order valence-electron chi connectivity index (χ3n) is 4.60. The van der Waals surface area contributed by atoms with E-state index in [4.69, 9.17) is 12.6 Å². The molecule has 0 unspecified atom stereocenters. The first-order valence-electron chi connectivity index (χ1n) is 8.94. The van der Waals surface area contributed by atoms with Crippen LogP contribution < -0.4 is 11.1 Å². The molecule has 1 aliphatic rings. The lowest BCUT2D eigenvalue weighted by Crippen LogP contribution is -2.40. The van der Waals surface area contributed by atoms with Crippen molar-refractivity contribution in [3.63, 3.8) is 0 Å². The second-order valence-corrected chi connectivity index (χ2v) is 6.97. The van der Waals surface area contributed by atoms with E-state index in [1.165, 1.54) is 16.7 Å². The molecule has 0 saturated carbocycles. The molecule has 0 saturated heterocycles. The largest absolute Gasteiger partial charge is 0.266 e. The van der Waals surface area contributed by atoms with E-state index >= 15 is 0 Å². The van der Waals surface area contributed by atoms with E-state index in [2.05, 4.69) is 83.6 Å². The zero-order valence-corrected chi connectivity index (χ0v) is 16.2. The van der Waals surface area contributed by atoms with Crippen molar-refractivity contribution in [2.24, 2.45) is 5.10 Å². The van der Waals surface area contributed by atoms with Crippen LogP contribution in [0.25, 0.3) is 5.69 Å². The molecule has 0 atom stereocenters. The molecule has 3 aromatic rings. The molecule has 2 N–H and O–H groups in total. The molecule has 4 rings (SSSR count). The van der Waals surface area contributed by atoms with Crippen molar-refractivity contribution in [2.45, 2.75) is 31.8 Å². The Bertz CT molecular complexity index is 976. The molecule has 27 heavy (non-hydrogen) atoms. The Labute approximate surface area is 164 Å². The third kappa shape index (κ3) is 3.56. The van der Waals surface area contributed by atoms with Gasteiger partial charge in [-0.3, -0.25) is 5.01 Å². The van der Waals surface area contributed by atoms with Gasteiger partial charge < -0.3 is 0 Å². The average molecular weight is 379 g/mol. The highest BCUT2D eigenvalue weighted by Crippen LogP contribution is 2.22. The average Bonchev–Trinajstić information content (AvgIpc) is 3.28. The van der Waals surface area contributed by atoms with Gasteiger partial charge in [0.15, 0.2) is 5.84 Å². The minimum Gasteiger partial charge on any atom is -0.266 e. The number of thiol groups is 1. The van der Waals surface area contributed by atoms with Gasteiger partial charge in [0.2, 0.25) is 0 Å². The molecule has 6 nitrogen and oxygen atoms in total. The lowest BCUT2D eigenvalue weighted by molar-refractivity contribution is 0.288. The summed E-state index contributed by atoms with van der Waals surface area (Å²) in [6.45, 7) is 4.91. The SMILES string of the molecule is CCc1ccc(-n2ncc(C3=NNNN3Cc3cccc(C)c3)c2S)cc1. The van der Waals surface area contributed by atoms with Gasteiger partial charge in [-0.15, -0.1) is 23.3 Å². The number of hydrazine groups is 2. The summed E-state index contributed by atoms with van der Waals surface area (Å²) >= 11 is 4.72. The van der Waals surface area contributed by atoms with Crippen LogP contribution in [0, 0.1) is 6.92 Å². The molecule has 2 heterocycles. The van der Waals surface area contributed by atoms with Crippen LogP contribution in [-0.4, -0.2) is 20.6 Å². The molecular formula is C20H22N6S. The van der Waals surface area contributed by atoms with Crippen LogP contribution in [0.1, 0.15) is 29.2 Å². The van der Waals surface area contributed by atoms with Crippen LogP contribution in [0.2, 0.25) is 0 Å². The quantitative estimate of drug-likeness (QED) is 0.597. The number of rotatable bonds is 5. The molecule has 0 spiro atoms. The van der Waals surface area contributed by atoms with E-state index in [0.717, 1.165) is 28.5 Å². The van der Waals surface area contributed by atoms with Crippen molar-refractivity contribution in [1.82, 2.24) is 25.9 Å². The Hall–Kier alpha value is -2.77. The molecule has 7 heteroatoms. The predicted octanol–water partition coefficient (Wildman–Crippen LogP) is 3.22. The highest BCUT2D eigenvalue weighted by molar-refractivity contribution is 7.80. The van der Waals surface area contributed by atoms with Crippen molar-refractivity contribution in [3.8, 4) is 5.69 Å². The first kappa shape index (κ1) is 17.6. The molecular weight excluding hydrogens is 356 g/mol. The molecule has 0 radical (unpaired) electrons. The Balaban J connectivity index is 1.60. The lowest BCUT2D eigenvalue weighted by Gasteiger charge is -2.19. The van der Waals surface area contributed by atoms with Crippen LogP contribution in [0.4, 0.5) is 0 Å². The molecule has 0 aliphatic carbocycles. The van der Waals surface area contributed by atoms with Crippen molar-refractivity contribution in [3.05, 3.63) is 77.0 Å². The van der Waals surface area contributed by atoms with Gasteiger partial charge in [0.1, 0.15) is 5.03 Å². The molecule has 2 aromatic carbocycles. The van der Waals surface area contributed by atoms with Gasteiger partial charge in [-0.05, 0) is 36.6 Å². The fraction of sp³-hybridized carbons (Fsp3) is 0.200. The summed E-state index contributed by atoms with van der Waals surface area (Å²) in [6.07, 6.45) is 2.81. The Kier molecular flexibility index (Phi) is 4.87. The molecule has 0 amide bonds. The molecule has 0 bridgehead atoms. The lowest BCUT2D eigenvalue weighted by atomic mass is 10.1. The number of hydrazone groups is 1. The van der Waals surface area contributed by atoms with Crippen LogP contribution >= 0.6 is 12.6 Å². The summed E-state index contributed by atoms with van der Waals surface area (Å²) in [7, 11) is 0. The molecule has 138 valence electrons. The Morgan fingerprint density at radius 2 is 1.89 bits per heavy atom. The van der Waals surface area contributed by atoms with Gasteiger partial charge in [0.25, 0.3) is 0 Å². The normalized spacial score (nSPS) is 13.6. The Morgan fingerprint density at radius 1 is 1.07 bits per heavy atom. The van der Waals surface area contributed by atoms with Crippen molar-refractivity contribution in [1.29, 1.82) is 0 Å². The van der Waals surface area contributed by atoms with E-state index in [9.17, 15) is 0 Å². The molecule has 1 aliphatic heterocycles. The van der Waals surface area contributed by atoms with E-state index in [1.807, 2.05) is 9.69 Å². The van der Waals surface area contributed by atoms with Crippen molar-refractivity contribution < 1.29 is 0 Å². The number of aromatic nitrogens is 2. The maximum absolute atomic E-state index is 4.72. The summed E-state index contributed by atoms with van der Waals surface area (Å²) in [6, 6.07) is 16.8. The monoisotopic (exact) mass is 378 g/mol. The van der Waals surface area contributed by atoms with Crippen LogP contribution in [-0.2, 0) is 13.0 Å². The van der Waals surface area contributed by atoms with E-state index in [-0.39, 0.29) is 0 Å². The van der Waals surface area contributed by atoms with Gasteiger partial charge in [0, 0.05) is 0 Å². The minimum atomic E-state index is 0.678. The van der Waals surface area contributed by atoms with Gasteiger partial charge in [-0.2, -0.15) is 5.10 Å². The zero-order valence-electron chi connectivity index (χ0n) is 15.3. The first-order valence-corrected chi connectivity index (χ1v) is 9.38. The van der Waals surface area contributed by atoms with E-state index in [1.54, 1.807) is 6.20 Å². The predicted molar refractivity (Wildman–Crippen MR) is 110 cm³/mol. The second-order valence-electron chi connectivity index (χ2n) is 6.55. The number of amidine groups is 1. The van der Waals surface area contributed by atoms with Crippen LogP contribution in [0.5, 0.6) is 0 Å². The standard InChI is InChI=1S/C20H22N6S/c1-3-15-7-9-17(10-8-15)26-20(27)18(12-21-26)19-22-23-24-25(19)13-16-6-4-5-14(2)11-16/h4-12,23-24,27H,3,13H2,1-2H3. The smallest absolute Gasteiger partial charge is 0.177 e. The van der Waals surface area contributed by atoms with Crippen LogP contribution in [0.15, 0.2) is 64.9 Å². The number of aryl methyl sites for hydroxylation is 2. The first-order chi connectivity index (χ1) is 13.2. The maximum atomic E-state index is 4.72. The third-order valence-corrected chi connectivity index (χ3v) is 5.03. The highest BCUT2D eigenvalue weighted by Gasteiger charge is 2.24. The summed E-state index contributed by atoms with van der Waals surface area (Å²) in [5.74, 6) is 0.762. The van der Waals surface area contributed by atoms with Crippen molar-refractivity contribution >= 4 is 18.5 Å².